The van der Waals surface area contributed by atoms with Gasteiger partial charge in [-0.1, -0.05) is 31.5 Å². The Morgan fingerprint density at radius 3 is 3.00 bits per heavy atom. The Kier molecular flexibility index (Phi) is 6.40. The number of carbonyl (C=O) groups is 1. The highest BCUT2D eigenvalue weighted by Gasteiger charge is 2.17. The number of thioether (sulfide) groups is 1. The SMILES string of the molecule is CC(C)Sc1c(Cl)cccc1NC(=O)CCC1CCNC1. The summed E-state index contributed by atoms with van der Waals surface area (Å²) in [4.78, 5) is 13.1. The second-order valence-electron chi connectivity index (χ2n) is 5.73. The van der Waals surface area contributed by atoms with Crippen LogP contribution in [-0.4, -0.2) is 24.2 Å². The third-order valence-corrected chi connectivity index (χ3v) is 5.11. The average molecular weight is 327 g/mol. The lowest BCUT2D eigenvalue weighted by molar-refractivity contribution is -0.116. The van der Waals surface area contributed by atoms with E-state index in [1.165, 1.54) is 6.42 Å². The van der Waals surface area contributed by atoms with Gasteiger partial charge in [-0.25, -0.2) is 0 Å². The minimum Gasteiger partial charge on any atom is -0.325 e. The van der Waals surface area contributed by atoms with E-state index in [-0.39, 0.29) is 5.91 Å². The van der Waals surface area contributed by atoms with Crippen LogP contribution in [-0.2, 0) is 4.79 Å². The van der Waals surface area contributed by atoms with Gasteiger partial charge in [-0.15, -0.1) is 11.8 Å². The van der Waals surface area contributed by atoms with Crippen molar-refractivity contribution in [2.45, 2.75) is 43.3 Å². The van der Waals surface area contributed by atoms with Gasteiger partial charge in [0.25, 0.3) is 0 Å². The third-order valence-electron chi connectivity index (χ3n) is 3.54. The van der Waals surface area contributed by atoms with Gasteiger partial charge in [-0.3, -0.25) is 4.79 Å². The fraction of sp³-hybridized carbons (Fsp3) is 0.562. The zero-order valence-corrected chi connectivity index (χ0v) is 14.2. The van der Waals surface area contributed by atoms with Crippen LogP contribution in [0.2, 0.25) is 5.02 Å². The second-order valence-corrected chi connectivity index (χ2v) is 7.72. The number of amides is 1. The summed E-state index contributed by atoms with van der Waals surface area (Å²) in [6.45, 7) is 6.36. The van der Waals surface area contributed by atoms with Gasteiger partial charge >= 0.3 is 0 Å². The number of benzene rings is 1. The monoisotopic (exact) mass is 326 g/mol. The lowest BCUT2D eigenvalue weighted by Crippen LogP contribution is -2.15. The molecule has 0 spiro atoms. The Bertz CT molecular complexity index is 487. The summed E-state index contributed by atoms with van der Waals surface area (Å²) in [5, 5.41) is 7.47. The van der Waals surface area contributed by atoms with Gasteiger partial charge in [0.1, 0.15) is 0 Å². The molecule has 1 amide bonds. The summed E-state index contributed by atoms with van der Waals surface area (Å²) in [5.74, 6) is 0.717. The average Bonchev–Trinajstić information content (AvgIpc) is 2.93. The fourth-order valence-corrected chi connectivity index (χ4v) is 3.68. The van der Waals surface area contributed by atoms with Crippen molar-refractivity contribution >= 4 is 35.0 Å². The molecule has 1 saturated heterocycles. The molecular weight excluding hydrogens is 304 g/mol. The van der Waals surface area contributed by atoms with Crippen LogP contribution in [0.15, 0.2) is 23.1 Å². The molecule has 5 heteroatoms. The number of hydrogen-bond donors (Lipinski definition) is 2. The van der Waals surface area contributed by atoms with E-state index in [0.29, 0.717) is 22.6 Å². The van der Waals surface area contributed by atoms with Crippen molar-refractivity contribution in [3.63, 3.8) is 0 Å². The standard InChI is InChI=1S/C16H23ClN2OS/c1-11(2)21-16-13(17)4-3-5-14(16)19-15(20)7-6-12-8-9-18-10-12/h3-5,11-12,18H,6-10H2,1-2H3,(H,19,20). The molecule has 1 unspecified atom stereocenters. The Morgan fingerprint density at radius 2 is 2.33 bits per heavy atom. The van der Waals surface area contributed by atoms with Gasteiger partial charge in [0.2, 0.25) is 5.91 Å². The molecule has 0 bridgehead atoms. The largest absolute Gasteiger partial charge is 0.325 e. The molecule has 0 radical (unpaired) electrons. The van der Waals surface area contributed by atoms with Gasteiger partial charge in [-0.05, 0) is 44.0 Å². The van der Waals surface area contributed by atoms with Gasteiger partial charge in [-0.2, -0.15) is 0 Å². The van der Waals surface area contributed by atoms with Crippen LogP contribution in [0, 0.1) is 5.92 Å². The molecular formula is C16H23ClN2OS. The molecule has 0 aromatic heterocycles. The summed E-state index contributed by atoms with van der Waals surface area (Å²) in [7, 11) is 0. The maximum atomic E-state index is 12.1. The number of anilines is 1. The molecule has 2 N–H and O–H groups in total. The molecule has 21 heavy (non-hydrogen) atoms. The Balaban J connectivity index is 1.94. The van der Waals surface area contributed by atoms with Crippen molar-refractivity contribution in [1.82, 2.24) is 5.32 Å². The quantitative estimate of drug-likeness (QED) is 0.771. The molecule has 0 aliphatic carbocycles. The molecule has 1 heterocycles. The van der Waals surface area contributed by atoms with Crippen molar-refractivity contribution in [2.75, 3.05) is 18.4 Å². The molecule has 2 rings (SSSR count). The first-order chi connectivity index (χ1) is 10.1. The summed E-state index contributed by atoms with van der Waals surface area (Å²) >= 11 is 7.94. The number of nitrogens with one attached hydrogen (secondary N) is 2. The fourth-order valence-electron chi connectivity index (χ4n) is 2.47. The highest BCUT2D eigenvalue weighted by atomic mass is 35.5. The highest BCUT2D eigenvalue weighted by molar-refractivity contribution is 8.00. The minimum absolute atomic E-state index is 0.0785. The first-order valence-corrected chi connectivity index (χ1v) is 8.77. The second kappa shape index (κ2) is 8.06. The Hall–Kier alpha value is -0.710. The first-order valence-electron chi connectivity index (χ1n) is 7.52. The number of halogens is 1. The molecule has 1 atom stereocenters. The van der Waals surface area contributed by atoms with Crippen molar-refractivity contribution in [2.24, 2.45) is 5.92 Å². The zero-order chi connectivity index (χ0) is 15.2. The van der Waals surface area contributed by atoms with E-state index >= 15 is 0 Å². The molecule has 0 saturated carbocycles. The number of rotatable bonds is 6. The van der Waals surface area contributed by atoms with Crippen LogP contribution in [0.4, 0.5) is 5.69 Å². The van der Waals surface area contributed by atoms with E-state index in [4.69, 9.17) is 11.6 Å². The predicted octanol–water partition coefficient (Wildman–Crippen LogP) is 4.17. The van der Waals surface area contributed by atoms with E-state index < -0.39 is 0 Å². The predicted molar refractivity (Wildman–Crippen MR) is 91.3 cm³/mol. The topological polar surface area (TPSA) is 41.1 Å². The van der Waals surface area contributed by atoms with Crippen LogP contribution < -0.4 is 10.6 Å². The Labute approximate surface area is 136 Å². The van der Waals surface area contributed by atoms with Crippen LogP contribution in [0.1, 0.15) is 33.1 Å². The molecule has 116 valence electrons. The number of carbonyl (C=O) groups excluding carboxylic acids is 1. The van der Waals surface area contributed by atoms with Crippen molar-refractivity contribution < 1.29 is 4.79 Å². The van der Waals surface area contributed by atoms with E-state index in [1.54, 1.807) is 11.8 Å². The normalized spacial score (nSPS) is 18.2. The highest BCUT2D eigenvalue weighted by Crippen LogP contribution is 2.36. The van der Waals surface area contributed by atoms with Crippen LogP contribution in [0.5, 0.6) is 0 Å². The van der Waals surface area contributed by atoms with Gasteiger partial charge in [0.15, 0.2) is 0 Å². The first kappa shape index (κ1) is 16.7. The van der Waals surface area contributed by atoms with Crippen LogP contribution >= 0.6 is 23.4 Å². The smallest absolute Gasteiger partial charge is 0.224 e. The van der Waals surface area contributed by atoms with Gasteiger partial charge < -0.3 is 10.6 Å². The third kappa shape index (κ3) is 5.20. The Morgan fingerprint density at radius 1 is 1.52 bits per heavy atom. The maximum absolute atomic E-state index is 12.1. The van der Waals surface area contributed by atoms with E-state index in [9.17, 15) is 4.79 Å². The van der Waals surface area contributed by atoms with Crippen molar-refractivity contribution in [3.05, 3.63) is 23.2 Å². The van der Waals surface area contributed by atoms with Crippen LogP contribution in [0.3, 0.4) is 0 Å². The molecule has 1 aromatic rings. The summed E-state index contributed by atoms with van der Waals surface area (Å²) in [6, 6.07) is 5.67. The van der Waals surface area contributed by atoms with Gasteiger partial charge in [0, 0.05) is 16.6 Å². The zero-order valence-electron chi connectivity index (χ0n) is 12.6. The van der Waals surface area contributed by atoms with Gasteiger partial charge in [0.05, 0.1) is 10.7 Å². The van der Waals surface area contributed by atoms with Crippen LogP contribution in [0.25, 0.3) is 0 Å². The summed E-state index contributed by atoms with van der Waals surface area (Å²) < 4.78 is 0. The molecule has 1 aliphatic heterocycles. The lowest BCUT2D eigenvalue weighted by atomic mass is 10.0. The number of hydrogen-bond acceptors (Lipinski definition) is 3. The lowest BCUT2D eigenvalue weighted by Gasteiger charge is -2.14. The maximum Gasteiger partial charge on any atom is 0.224 e. The minimum atomic E-state index is 0.0785. The molecule has 3 nitrogen and oxygen atoms in total. The van der Waals surface area contributed by atoms with Crippen molar-refractivity contribution in [1.29, 1.82) is 0 Å². The van der Waals surface area contributed by atoms with E-state index in [2.05, 4.69) is 24.5 Å². The van der Waals surface area contributed by atoms with E-state index in [1.807, 2.05) is 18.2 Å². The molecule has 1 fully saturated rings. The van der Waals surface area contributed by atoms with Crippen molar-refractivity contribution in [3.8, 4) is 0 Å². The molecule has 1 aromatic carbocycles. The summed E-state index contributed by atoms with van der Waals surface area (Å²) in [6.07, 6.45) is 2.70. The summed E-state index contributed by atoms with van der Waals surface area (Å²) in [5.41, 5.74) is 0.829. The molecule has 1 aliphatic rings. The van der Waals surface area contributed by atoms with E-state index in [0.717, 1.165) is 30.1 Å².